The average molecular weight is 355 g/mol. The van der Waals surface area contributed by atoms with E-state index >= 15 is 0 Å². The molecule has 1 heterocycles. The van der Waals surface area contributed by atoms with E-state index in [1.165, 1.54) is 17.3 Å². The maximum atomic E-state index is 12.6. The fourth-order valence-electron chi connectivity index (χ4n) is 2.43. The van der Waals surface area contributed by atoms with Gasteiger partial charge in [-0.05, 0) is 35.8 Å². The van der Waals surface area contributed by atoms with Crippen LogP contribution in [0.3, 0.4) is 0 Å². The van der Waals surface area contributed by atoms with Gasteiger partial charge in [-0.1, -0.05) is 66.4 Å². The summed E-state index contributed by atoms with van der Waals surface area (Å²) in [5.74, 6) is 0.777. The number of nitrogens with zero attached hydrogens (tertiary/aromatic N) is 1. The minimum absolute atomic E-state index is 0.0169. The number of ether oxygens (including phenoxy) is 1. The summed E-state index contributed by atoms with van der Waals surface area (Å²) in [6.07, 6.45) is 2.67. The molecule has 0 aliphatic carbocycles. The molecule has 122 valence electrons. The molecular weight excluding hydrogens is 338 g/mol. The summed E-state index contributed by atoms with van der Waals surface area (Å²) >= 11 is 6.73. The second-order valence-electron chi connectivity index (χ2n) is 5.34. The largest absolute Gasteiger partial charge is 0.497 e. The predicted octanol–water partition coefficient (Wildman–Crippen LogP) is 4.14. The van der Waals surface area contributed by atoms with Crippen molar-refractivity contribution in [2.75, 3.05) is 13.7 Å². The molecule has 0 spiro atoms. The van der Waals surface area contributed by atoms with Crippen molar-refractivity contribution in [3.8, 4) is 5.75 Å². The van der Waals surface area contributed by atoms with E-state index in [1.54, 1.807) is 12.0 Å². The van der Waals surface area contributed by atoms with Gasteiger partial charge in [0.05, 0.1) is 12.0 Å². The Kier molecular flexibility index (Phi) is 5.33. The van der Waals surface area contributed by atoms with Gasteiger partial charge < -0.3 is 4.74 Å². The molecule has 0 bridgehead atoms. The number of hydrogen-bond acceptors (Lipinski definition) is 4. The first-order valence-electron chi connectivity index (χ1n) is 7.61. The summed E-state index contributed by atoms with van der Waals surface area (Å²) in [6.45, 7) is 0.606. The van der Waals surface area contributed by atoms with Crippen molar-refractivity contribution in [2.24, 2.45) is 0 Å². The minimum Gasteiger partial charge on any atom is -0.497 e. The lowest BCUT2D eigenvalue weighted by molar-refractivity contribution is -0.122. The van der Waals surface area contributed by atoms with Gasteiger partial charge in [-0.15, -0.1) is 0 Å². The third kappa shape index (κ3) is 3.86. The van der Waals surface area contributed by atoms with Gasteiger partial charge in [0.15, 0.2) is 0 Å². The van der Waals surface area contributed by atoms with Gasteiger partial charge in [0.25, 0.3) is 5.91 Å². The summed E-state index contributed by atoms with van der Waals surface area (Å²) in [7, 11) is 1.63. The molecule has 2 aromatic rings. The maximum absolute atomic E-state index is 12.6. The summed E-state index contributed by atoms with van der Waals surface area (Å²) in [4.78, 5) is 14.9. The Morgan fingerprint density at radius 3 is 2.50 bits per heavy atom. The molecule has 1 saturated heterocycles. The van der Waals surface area contributed by atoms with Crippen molar-refractivity contribution in [1.29, 1.82) is 0 Å². The Bertz CT molecular complexity index is 770. The molecule has 0 atom stereocenters. The van der Waals surface area contributed by atoms with Crippen LogP contribution < -0.4 is 4.74 Å². The van der Waals surface area contributed by atoms with Crippen molar-refractivity contribution in [1.82, 2.24) is 4.90 Å². The van der Waals surface area contributed by atoms with E-state index in [1.807, 2.05) is 48.5 Å². The van der Waals surface area contributed by atoms with Crippen molar-refractivity contribution < 1.29 is 9.53 Å². The fourth-order valence-corrected chi connectivity index (χ4v) is 3.74. The van der Waals surface area contributed by atoms with E-state index in [0.29, 0.717) is 15.8 Å². The normalized spacial score (nSPS) is 16.0. The van der Waals surface area contributed by atoms with Crippen LogP contribution >= 0.6 is 24.0 Å². The lowest BCUT2D eigenvalue weighted by Crippen LogP contribution is -2.30. The zero-order valence-corrected chi connectivity index (χ0v) is 14.9. The molecule has 1 amide bonds. The van der Waals surface area contributed by atoms with Crippen molar-refractivity contribution in [2.45, 2.75) is 6.42 Å². The van der Waals surface area contributed by atoms with E-state index < -0.39 is 0 Å². The van der Waals surface area contributed by atoms with Crippen LogP contribution in [0.1, 0.15) is 11.1 Å². The summed E-state index contributed by atoms with van der Waals surface area (Å²) in [5.41, 5.74) is 2.16. The minimum atomic E-state index is -0.0169. The molecule has 3 rings (SSSR count). The van der Waals surface area contributed by atoms with Gasteiger partial charge in [-0.2, -0.15) is 0 Å². The van der Waals surface area contributed by atoms with Gasteiger partial charge in [0, 0.05) is 6.54 Å². The van der Waals surface area contributed by atoms with E-state index in [-0.39, 0.29) is 5.91 Å². The standard InChI is InChI=1S/C19H17NO2S2/c1-22-16-9-7-15(8-10-16)13-17-18(21)20(19(23)24-17)12-11-14-5-3-2-4-6-14/h2-10,13H,11-12H2,1H3/b17-13-. The molecule has 1 fully saturated rings. The first-order chi connectivity index (χ1) is 11.7. The highest BCUT2D eigenvalue weighted by Crippen LogP contribution is 2.32. The third-order valence-electron chi connectivity index (χ3n) is 3.75. The van der Waals surface area contributed by atoms with Crippen molar-refractivity contribution >= 4 is 40.3 Å². The number of amides is 1. The number of methoxy groups -OCH3 is 1. The molecule has 3 nitrogen and oxygen atoms in total. The molecule has 0 saturated carbocycles. The number of benzene rings is 2. The molecule has 1 aliphatic heterocycles. The zero-order chi connectivity index (χ0) is 16.9. The molecule has 0 N–H and O–H groups in total. The van der Waals surface area contributed by atoms with Crippen LogP contribution in [0, 0.1) is 0 Å². The molecule has 1 aliphatic rings. The van der Waals surface area contributed by atoms with Crippen molar-refractivity contribution in [3.05, 3.63) is 70.6 Å². The SMILES string of the molecule is COc1ccc(/C=C2\SC(=S)N(CCc3ccccc3)C2=O)cc1. The highest BCUT2D eigenvalue weighted by molar-refractivity contribution is 8.26. The number of carbonyl (C=O) groups excluding carboxylic acids is 1. The highest BCUT2D eigenvalue weighted by atomic mass is 32.2. The zero-order valence-electron chi connectivity index (χ0n) is 13.3. The van der Waals surface area contributed by atoms with E-state index in [9.17, 15) is 4.79 Å². The summed E-state index contributed by atoms with van der Waals surface area (Å²) in [6, 6.07) is 17.7. The van der Waals surface area contributed by atoms with Gasteiger partial charge in [0.2, 0.25) is 0 Å². The van der Waals surface area contributed by atoms with E-state index in [0.717, 1.165) is 17.7 Å². The molecule has 0 aromatic heterocycles. The third-order valence-corrected chi connectivity index (χ3v) is 5.13. The maximum Gasteiger partial charge on any atom is 0.266 e. The van der Waals surface area contributed by atoms with Crippen molar-refractivity contribution in [3.63, 3.8) is 0 Å². The number of rotatable bonds is 5. The van der Waals surface area contributed by atoms with E-state index in [2.05, 4.69) is 12.1 Å². The van der Waals surface area contributed by atoms with Crippen LogP contribution in [-0.2, 0) is 11.2 Å². The average Bonchev–Trinajstić information content (AvgIpc) is 2.88. The Balaban J connectivity index is 1.69. The van der Waals surface area contributed by atoms with Crippen LogP contribution in [0.15, 0.2) is 59.5 Å². The monoisotopic (exact) mass is 355 g/mol. The van der Waals surface area contributed by atoms with Gasteiger partial charge in [-0.3, -0.25) is 9.69 Å². The smallest absolute Gasteiger partial charge is 0.266 e. The van der Waals surface area contributed by atoms with E-state index in [4.69, 9.17) is 17.0 Å². The van der Waals surface area contributed by atoms with Crippen LogP contribution in [0.4, 0.5) is 0 Å². The number of thioether (sulfide) groups is 1. The van der Waals surface area contributed by atoms with Crippen LogP contribution in [0.2, 0.25) is 0 Å². The Morgan fingerprint density at radius 1 is 1.12 bits per heavy atom. The lowest BCUT2D eigenvalue weighted by Gasteiger charge is -2.14. The van der Waals surface area contributed by atoms with Gasteiger partial charge in [-0.25, -0.2) is 0 Å². The number of hydrogen-bond donors (Lipinski definition) is 0. The van der Waals surface area contributed by atoms with Gasteiger partial charge in [0.1, 0.15) is 10.1 Å². The van der Waals surface area contributed by atoms with Crippen LogP contribution in [-0.4, -0.2) is 28.8 Å². The molecule has 5 heteroatoms. The number of thiocarbonyl (C=S) groups is 1. The Morgan fingerprint density at radius 2 is 1.83 bits per heavy atom. The second-order valence-corrected chi connectivity index (χ2v) is 7.02. The first kappa shape index (κ1) is 16.7. The molecule has 0 unspecified atom stereocenters. The molecule has 24 heavy (non-hydrogen) atoms. The molecule has 2 aromatic carbocycles. The highest BCUT2D eigenvalue weighted by Gasteiger charge is 2.31. The Hall–Kier alpha value is -2.11. The van der Waals surface area contributed by atoms with Crippen LogP contribution in [0.5, 0.6) is 5.75 Å². The quantitative estimate of drug-likeness (QED) is 0.595. The first-order valence-corrected chi connectivity index (χ1v) is 8.83. The molecule has 0 radical (unpaired) electrons. The summed E-state index contributed by atoms with van der Waals surface area (Å²) in [5, 5.41) is 0. The molecular formula is C19H17NO2S2. The fraction of sp³-hybridized carbons (Fsp3) is 0.158. The summed E-state index contributed by atoms with van der Waals surface area (Å²) < 4.78 is 5.77. The lowest BCUT2D eigenvalue weighted by atomic mass is 10.1. The Labute approximate surface area is 151 Å². The second kappa shape index (κ2) is 7.64. The topological polar surface area (TPSA) is 29.5 Å². The predicted molar refractivity (Wildman–Crippen MR) is 103 cm³/mol. The number of carbonyl (C=O) groups is 1. The van der Waals surface area contributed by atoms with Gasteiger partial charge >= 0.3 is 0 Å². The van der Waals surface area contributed by atoms with Crippen LogP contribution in [0.25, 0.3) is 6.08 Å².